The van der Waals surface area contributed by atoms with E-state index in [-0.39, 0.29) is 23.2 Å². The van der Waals surface area contributed by atoms with E-state index in [1.165, 1.54) is 0 Å². The SMILES string of the molecule is CCCOc1ccc([C@@H]2C3CN(C(C)C)CC=C3C(C#N)=C(N)C2(C#N)C#N)cc1OC. The van der Waals surface area contributed by atoms with Gasteiger partial charge in [0.15, 0.2) is 16.9 Å². The zero-order chi connectivity index (χ0) is 23.5. The summed E-state index contributed by atoms with van der Waals surface area (Å²) < 4.78 is 11.3. The summed E-state index contributed by atoms with van der Waals surface area (Å²) in [5.74, 6) is 0.352. The molecular formula is C25H29N5O2. The van der Waals surface area contributed by atoms with Crippen LogP contribution in [0, 0.1) is 45.3 Å². The Hall–Kier alpha value is -3.47. The maximum absolute atomic E-state index is 10.2. The Kier molecular flexibility index (Phi) is 6.78. The Morgan fingerprint density at radius 1 is 1.22 bits per heavy atom. The van der Waals surface area contributed by atoms with Crippen LogP contribution in [0.1, 0.15) is 38.7 Å². The summed E-state index contributed by atoms with van der Waals surface area (Å²) in [6.07, 6.45) is 2.88. The van der Waals surface area contributed by atoms with Gasteiger partial charge in [0.1, 0.15) is 6.07 Å². The van der Waals surface area contributed by atoms with E-state index in [0.717, 1.165) is 17.6 Å². The lowest BCUT2D eigenvalue weighted by atomic mass is 9.58. The second-order valence-corrected chi connectivity index (χ2v) is 8.48. The fourth-order valence-corrected chi connectivity index (χ4v) is 4.71. The Morgan fingerprint density at radius 3 is 2.50 bits per heavy atom. The van der Waals surface area contributed by atoms with E-state index in [9.17, 15) is 15.8 Å². The normalized spacial score (nSPS) is 22.2. The number of nitrogens with zero attached hydrogens (tertiary/aromatic N) is 4. The number of benzene rings is 1. The van der Waals surface area contributed by atoms with Crippen molar-refractivity contribution >= 4 is 0 Å². The van der Waals surface area contributed by atoms with E-state index in [1.807, 2.05) is 31.2 Å². The number of methoxy groups -OCH3 is 1. The summed E-state index contributed by atoms with van der Waals surface area (Å²) in [6.45, 7) is 8.10. The first-order chi connectivity index (χ1) is 15.4. The minimum atomic E-state index is -1.66. The second-order valence-electron chi connectivity index (χ2n) is 8.48. The van der Waals surface area contributed by atoms with Crippen LogP contribution in [-0.2, 0) is 0 Å². The smallest absolute Gasteiger partial charge is 0.191 e. The molecule has 2 atom stereocenters. The van der Waals surface area contributed by atoms with Crippen LogP contribution in [0.4, 0.5) is 0 Å². The quantitative estimate of drug-likeness (QED) is 0.730. The Morgan fingerprint density at radius 2 is 1.94 bits per heavy atom. The molecule has 32 heavy (non-hydrogen) atoms. The van der Waals surface area contributed by atoms with E-state index in [4.69, 9.17) is 15.2 Å². The third-order valence-electron chi connectivity index (χ3n) is 6.43. The highest BCUT2D eigenvalue weighted by Gasteiger charge is 2.54. The van der Waals surface area contributed by atoms with Gasteiger partial charge < -0.3 is 15.2 Å². The summed E-state index contributed by atoms with van der Waals surface area (Å²) >= 11 is 0. The molecule has 1 heterocycles. The molecule has 0 bridgehead atoms. The number of nitrogens with two attached hydrogens (primary N) is 1. The lowest BCUT2D eigenvalue weighted by molar-refractivity contribution is 0.174. The summed E-state index contributed by atoms with van der Waals surface area (Å²) in [5, 5.41) is 30.3. The van der Waals surface area contributed by atoms with Crippen LogP contribution in [0.2, 0.25) is 0 Å². The van der Waals surface area contributed by atoms with Gasteiger partial charge in [-0.1, -0.05) is 19.1 Å². The topological polar surface area (TPSA) is 119 Å². The van der Waals surface area contributed by atoms with Crippen molar-refractivity contribution in [3.8, 4) is 29.7 Å². The zero-order valence-electron chi connectivity index (χ0n) is 19.1. The van der Waals surface area contributed by atoms with Gasteiger partial charge in [0.05, 0.1) is 37.1 Å². The molecule has 2 N–H and O–H groups in total. The molecule has 1 aliphatic carbocycles. The number of rotatable bonds is 6. The van der Waals surface area contributed by atoms with Gasteiger partial charge in [-0.3, -0.25) is 4.90 Å². The molecule has 3 rings (SSSR count). The highest BCUT2D eigenvalue weighted by atomic mass is 16.5. The van der Waals surface area contributed by atoms with Crippen LogP contribution < -0.4 is 15.2 Å². The van der Waals surface area contributed by atoms with Gasteiger partial charge >= 0.3 is 0 Å². The monoisotopic (exact) mass is 431 g/mol. The average Bonchev–Trinajstić information content (AvgIpc) is 2.81. The van der Waals surface area contributed by atoms with Crippen molar-refractivity contribution < 1.29 is 9.47 Å². The molecule has 7 heteroatoms. The maximum atomic E-state index is 10.2. The maximum Gasteiger partial charge on any atom is 0.191 e. The lowest BCUT2D eigenvalue weighted by Crippen LogP contribution is -2.49. The van der Waals surface area contributed by atoms with Gasteiger partial charge in [0.2, 0.25) is 0 Å². The molecule has 1 aliphatic heterocycles. The van der Waals surface area contributed by atoms with Gasteiger partial charge in [-0.05, 0) is 43.5 Å². The predicted octanol–water partition coefficient (Wildman–Crippen LogP) is 3.62. The van der Waals surface area contributed by atoms with Gasteiger partial charge in [0, 0.05) is 31.0 Å². The molecule has 0 saturated heterocycles. The minimum absolute atomic E-state index is 0.0285. The summed E-state index contributed by atoms with van der Waals surface area (Å²) in [4.78, 5) is 2.27. The van der Waals surface area contributed by atoms with Gasteiger partial charge in [-0.15, -0.1) is 0 Å². The minimum Gasteiger partial charge on any atom is -0.493 e. The molecule has 166 valence electrons. The molecule has 0 fully saturated rings. The van der Waals surface area contributed by atoms with E-state index in [1.54, 1.807) is 7.11 Å². The lowest BCUT2D eigenvalue weighted by Gasteiger charge is -2.46. The van der Waals surface area contributed by atoms with Crippen LogP contribution in [0.3, 0.4) is 0 Å². The number of ether oxygens (including phenoxy) is 2. The largest absolute Gasteiger partial charge is 0.493 e. The van der Waals surface area contributed by atoms with Crippen molar-refractivity contribution in [1.82, 2.24) is 4.90 Å². The van der Waals surface area contributed by atoms with Crippen molar-refractivity contribution in [1.29, 1.82) is 15.8 Å². The van der Waals surface area contributed by atoms with Crippen molar-refractivity contribution in [3.05, 3.63) is 46.7 Å². The molecular weight excluding hydrogens is 402 g/mol. The predicted molar refractivity (Wildman–Crippen MR) is 120 cm³/mol. The average molecular weight is 432 g/mol. The standard InChI is InChI=1S/C25H29N5O2/c1-5-10-32-21-7-6-17(11-22(21)31-4)23-20-13-30(16(2)3)9-8-18(20)19(12-26)24(29)25(23,14-27)15-28/h6-8,11,16,20,23H,5,9-10,13,29H2,1-4H3/t20?,23-/m1/s1. The third kappa shape index (κ3) is 3.68. The van der Waals surface area contributed by atoms with Crippen LogP contribution in [0.25, 0.3) is 0 Å². The van der Waals surface area contributed by atoms with Crippen LogP contribution in [0.15, 0.2) is 41.1 Å². The molecule has 1 unspecified atom stereocenters. The number of hydrogen-bond donors (Lipinski definition) is 1. The van der Waals surface area contributed by atoms with Crippen LogP contribution >= 0.6 is 0 Å². The van der Waals surface area contributed by atoms with E-state index >= 15 is 0 Å². The van der Waals surface area contributed by atoms with Crippen molar-refractivity contribution in [2.24, 2.45) is 17.1 Å². The van der Waals surface area contributed by atoms with E-state index in [2.05, 4.69) is 37.0 Å². The number of hydrogen-bond acceptors (Lipinski definition) is 7. The molecule has 0 aromatic heterocycles. The van der Waals surface area contributed by atoms with Gasteiger partial charge in [0.25, 0.3) is 0 Å². The number of nitriles is 3. The number of allylic oxidation sites excluding steroid dienone is 2. The third-order valence-corrected chi connectivity index (χ3v) is 6.43. The van der Waals surface area contributed by atoms with Gasteiger partial charge in [-0.25, -0.2) is 0 Å². The summed E-state index contributed by atoms with van der Waals surface area (Å²) in [5.41, 5.74) is 6.59. The van der Waals surface area contributed by atoms with Crippen LogP contribution in [0.5, 0.6) is 11.5 Å². The first-order valence-corrected chi connectivity index (χ1v) is 10.9. The first-order valence-electron chi connectivity index (χ1n) is 10.9. The summed E-state index contributed by atoms with van der Waals surface area (Å²) in [6, 6.07) is 12.3. The van der Waals surface area contributed by atoms with Gasteiger partial charge in [-0.2, -0.15) is 15.8 Å². The van der Waals surface area contributed by atoms with Crippen molar-refractivity contribution in [2.45, 2.75) is 39.2 Å². The zero-order valence-corrected chi connectivity index (χ0v) is 19.1. The molecule has 0 amide bonds. The van der Waals surface area contributed by atoms with E-state index in [0.29, 0.717) is 31.2 Å². The summed E-state index contributed by atoms with van der Waals surface area (Å²) in [7, 11) is 1.56. The first kappa shape index (κ1) is 23.2. The Labute approximate surface area is 189 Å². The molecule has 0 saturated carbocycles. The highest BCUT2D eigenvalue weighted by molar-refractivity contribution is 5.60. The second kappa shape index (κ2) is 9.35. The fraction of sp³-hybridized carbons (Fsp3) is 0.480. The Bertz CT molecular complexity index is 1050. The molecule has 7 nitrogen and oxygen atoms in total. The molecule has 1 aromatic carbocycles. The molecule has 0 spiro atoms. The molecule has 1 aromatic rings. The highest BCUT2D eigenvalue weighted by Crippen LogP contribution is 2.55. The Balaban J connectivity index is 2.24. The van der Waals surface area contributed by atoms with Crippen molar-refractivity contribution in [2.75, 3.05) is 26.8 Å². The van der Waals surface area contributed by atoms with E-state index < -0.39 is 11.3 Å². The van der Waals surface area contributed by atoms with Crippen LogP contribution in [-0.4, -0.2) is 37.7 Å². The molecule has 0 radical (unpaired) electrons. The fourth-order valence-electron chi connectivity index (χ4n) is 4.71. The van der Waals surface area contributed by atoms with Crippen molar-refractivity contribution in [3.63, 3.8) is 0 Å². The molecule has 2 aliphatic rings. The number of fused-ring (bicyclic) bond motifs is 1.